The molecule has 0 aromatic heterocycles. The number of sulfonamides is 1. The van der Waals surface area contributed by atoms with Crippen LogP contribution in [0.5, 0.6) is 0 Å². The Morgan fingerprint density at radius 1 is 1.00 bits per heavy atom. The van der Waals surface area contributed by atoms with Crippen LogP contribution in [0.4, 0.5) is 0 Å². The van der Waals surface area contributed by atoms with Crippen LogP contribution in [0.2, 0.25) is 0 Å². The van der Waals surface area contributed by atoms with Crippen molar-refractivity contribution in [2.24, 2.45) is 5.14 Å². The van der Waals surface area contributed by atoms with E-state index in [9.17, 15) is 8.42 Å². The molecule has 0 aliphatic rings. The molecule has 2 aromatic carbocycles. The fraction of sp³-hybridized carbons (Fsp3) is 0.375. The van der Waals surface area contributed by atoms with Crippen LogP contribution in [0.15, 0.2) is 41.3 Å². The molecular formula is C16H21NO2S. The van der Waals surface area contributed by atoms with Gasteiger partial charge in [-0.15, -0.1) is 0 Å². The van der Waals surface area contributed by atoms with Gasteiger partial charge in [-0.1, -0.05) is 56.5 Å². The second-order valence-electron chi connectivity index (χ2n) is 5.12. The molecule has 3 nitrogen and oxygen atoms in total. The third kappa shape index (κ3) is 3.38. The predicted octanol–water partition coefficient (Wildman–Crippen LogP) is 3.61. The summed E-state index contributed by atoms with van der Waals surface area (Å²) < 4.78 is 23.5. The summed E-state index contributed by atoms with van der Waals surface area (Å²) >= 11 is 0. The van der Waals surface area contributed by atoms with Gasteiger partial charge >= 0.3 is 0 Å². The number of hydrogen-bond acceptors (Lipinski definition) is 2. The molecule has 0 unspecified atom stereocenters. The van der Waals surface area contributed by atoms with Crippen LogP contribution in [0, 0.1) is 0 Å². The van der Waals surface area contributed by atoms with Gasteiger partial charge in [0.25, 0.3) is 0 Å². The SMILES string of the molecule is CCCCCCc1c(S(N)(=O)=O)ccc2ccccc12. The fourth-order valence-corrected chi connectivity index (χ4v) is 3.38. The number of benzene rings is 2. The summed E-state index contributed by atoms with van der Waals surface area (Å²) in [5.74, 6) is 0. The van der Waals surface area contributed by atoms with Crippen molar-refractivity contribution in [1.82, 2.24) is 0 Å². The van der Waals surface area contributed by atoms with Crippen LogP contribution in [0.1, 0.15) is 38.2 Å². The summed E-state index contributed by atoms with van der Waals surface area (Å²) in [6.45, 7) is 2.16. The maximum Gasteiger partial charge on any atom is 0.238 e. The maximum atomic E-state index is 11.8. The second-order valence-corrected chi connectivity index (χ2v) is 6.65. The Hall–Kier alpha value is -1.39. The van der Waals surface area contributed by atoms with Gasteiger partial charge in [-0.25, -0.2) is 13.6 Å². The highest BCUT2D eigenvalue weighted by molar-refractivity contribution is 7.89. The van der Waals surface area contributed by atoms with Crippen LogP contribution in [0.3, 0.4) is 0 Å². The molecule has 4 heteroatoms. The highest BCUT2D eigenvalue weighted by Crippen LogP contribution is 2.27. The zero-order valence-electron chi connectivity index (χ0n) is 11.8. The highest BCUT2D eigenvalue weighted by Gasteiger charge is 2.16. The monoisotopic (exact) mass is 291 g/mol. The molecule has 2 rings (SSSR count). The predicted molar refractivity (Wildman–Crippen MR) is 83.2 cm³/mol. The first kappa shape index (κ1) is 15.0. The van der Waals surface area contributed by atoms with E-state index in [4.69, 9.17) is 5.14 Å². The maximum absolute atomic E-state index is 11.8. The van der Waals surface area contributed by atoms with Crippen molar-refractivity contribution in [2.45, 2.75) is 43.9 Å². The molecule has 0 saturated heterocycles. The molecule has 0 fully saturated rings. The molecule has 0 amide bonds. The van der Waals surface area contributed by atoms with E-state index >= 15 is 0 Å². The first-order valence-corrected chi connectivity index (χ1v) is 8.62. The lowest BCUT2D eigenvalue weighted by atomic mass is 9.99. The van der Waals surface area contributed by atoms with Crippen molar-refractivity contribution in [2.75, 3.05) is 0 Å². The largest absolute Gasteiger partial charge is 0.238 e. The highest BCUT2D eigenvalue weighted by atomic mass is 32.2. The molecule has 2 aromatic rings. The van der Waals surface area contributed by atoms with Crippen LogP contribution >= 0.6 is 0 Å². The Labute approximate surface area is 120 Å². The van der Waals surface area contributed by atoms with Gasteiger partial charge in [-0.05, 0) is 35.2 Å². The quantitative estimate of drug-likeness (QED) is 0.826. The zero-order valence-corrected chi connectivity index (χ0v) is 12.6. The number of aryl methyl sites for hydroxylation is 1. The van der Waals surface area contributed by atoms with Gasteiger partial charge in [-0.2, -0.15) is 0 Å². The molecule has 0 spiro atoms. The van der Waals surface area contributed by atoms with Crippen LogP contribution in [-0.2, 0) is 16.4 Å². The minimum absolute atomic E-state index is 0.271. The van der Waals surface area contributed by atoms with Crippen LogP contribution < -0.4 is 5.14 Å². The molecule has 0 aliphatic carbocycles. The molecular weight excluding hydrogens is 270 g/mol. The second kappa shape index (κ2) is 6.37. The van der Waals surface area contributed by atoms with E-state index in [1.807, 2.05) is 30.3 Å². The van der Waals surface area contributed by atoms with E-state index in [1.54, 1.807) is 6.07 Å². The molecule has 20 heavy (non-hydrogen) atoms. The zero-order chi connectivity index (χ0) is 14.6. The summed E-state index contributed by atoms with van der Waals surface area (Å²) in [7, 11) is -3.67. The molecule has 0 heterocycles. The third-order valence-electron chi connectivity index (χ3n) is 3.58. The first-order chi connectivity index (χ1) is 9.54. The van der Waals surface area contributed by atoms with E-state index in [1.165, 1.54) is 6.42 Å². The lowest BCUT2D eigenvalue weighted by molar-refractivity contribution is 0.595. The third-order valence-corrected chi connectivity index (χ3v) is 4.58. The van der Waals surface area contributed by atoms with E-state index in [0.29, 0.717) is 0 Å². The van der Waals surface area contributed by atoms with E-state index < -0.39 is 10.0 Å². The Kier molecular flexibility index (Phi) is 4.78. The Balaban J connectivity index is 2.45. The summed E-state index contributed by atoms with van der Waals surface area (Å²) in [6, 6.07) is 11.3. The molecule has 0 radical (unpaired) electrons. The molecule has 108 valence electrons. The summed E-state index contributed by atoms with van der Waals surface area (Å²) in [5.41, 5.74) is 0.863. The normalized spacial score (nSPS) is 11.9. The van der Waals surface area contributed by atoms with Crippen molar-refractivity contribution in [3.63, 3.8) is 0 Å². The topological polar surface area (TPSA) is 60.2 Å². The van der Waals surface area contributed by atoms with Gasteiger partial charge in [-0.3, -0.25) is 0 Å². The van der Waals surface area contributed by atoms with E-state index in [-0.39, 0.29) is 4.90 Å². The van der Waals surface area contributed by atoms with Gasteiger partial charge in [0.2, 0.25) is 10.0 Å². The summed E-state index contributed by atoms with van der Waals surface area (Å²) in [6.07, 6.45) is 5.20. The van der Waals surface area contributed by atoms with E-state index in [2.05, 4.69) is 6.92 Å². The van der Waals surface area contributed by atoms with Gasteiger partial charge in [0.1, 0.15) is 0 Å². The van der Waals surface area contributed by atoms with Crippen LogP contribution in [-0.4, -0.2) is 8.42 Å². The Morgan fingerprint density at radius 2 is 1.75 bits per heavy atom. The van der Waals surface area contributed by atoms with Crippen LogP contribution in [0.25, 0.3) is 10.8 Å². The van der Waals surface area contributed by atoms with Gasteiger partial charge in [0, 0.05) is 0 Å². The average Bonchev–Trinajstić information content (AvgIpc) is 2.42. The lowest BCUT2D eigenvalue weighted by Crippen LogP contribution is -2.14. The summed E-state index contributed by atoms with van der Waals surface area (Å²) in [5, 5.41) is 7.41. The van der Waals surface area contributed by atoms with Crippen molar-refractivity contribution >= 4 is 20.8 Å². The summed E-state index contributed by atoms with van der Waals surface area (Å²) in [4.78, 5) is 0.271. The van der Waals surface area contributed by atoms with Gasteiger partial charge in [0.05, 0.1) is 4.90 Å². The first-order valence-electron chi connectivity index (χ1n) is 7.07. The van der Waals surface area contributed by atoms with Crippen molar-refractivity contribution < 1.29 is 8.42 Å². The minimum atomic E-state index is -3.67. The number of unbranched alkanes of at least 4 members (excludes halogenated alkanes) is 3. The molecule has 0 atom stereocenters. The molecule has 0 saturated carbocycles. The minimum Gasteiger partial charge on any atom is -0.225 e. The Bertz CT molecular complexity index is 693. The van der Waals surface area contributed by atoms with Gasteiger partial charge in [0.15, 0.2) is 0 Å². The van der Waals surface area contributed by atoms with Crippen molar-refractivity contribution in [3.8, 4) is 0 Å². The molecule has 0 bridgehead atoms. The Morgan fingerprint density at radius 3 is 2.45 bits per heavy atom. The van der Waals surface area contributed by atoms with E-state index in [0.717, 1.165) is 42.0 Å². The molecule has 2 N–H and O–H groups in total. The fourth-order valence-electron chi connectivity index (χ4n) is 2.57. The number of rotatable bonds is 6. The number of primary sulfonamides is 1. The number of nitrogens with two attached hydrogens (primary N) is 1. The smallest absolute Gasteiger partial charge is 0.225 e. The number of hydrogen-bond donors (Lipinski definition) is 1. The number of fused-ring (bicyclic) bond motifs is 1. The standard InChI is InChI=1S/C16H21NO2S/c1-2-3-4-5-10-15-14-9-7-6-8-13(14)11-12-16(15)20(17,18)19/h6-9,11-12H,2-5,10H2,1H3,(H2,17,18,19). The van der Waals surface area contributed by atoms with Crippen molar-refractivity contribution in [3.05, 3.63) is 42.0 Å². The molecule has 0 aliphatic heterocycles. The average molecular weight is 291 g/mol. The van der Waals surface area contributed by atoms with Crippen molar-refractivity contribution in [1.29, 1.82) is 0 Å². The lowest BCUT2D eigenvalue weighted by Gasteiger charge is -2.11. The van der Waals surface area contributed by atoms with Gasteiger partial charge < -0.3 is 0 Å².